The van der Waals surface area contributed by atoms with Crippen molar-refractivity contribution in [2.75, 3.05) is 39.3 Å². The number of likely N-dealkylation sites (tertiary alicyclic amines) is 1. The standard InChI is InChI=1S/C19H29N3O/c1-3-20-11-9-18(10-12-20)22-14-13-21(16(2)23)15-19(22)17-7-5-4-6-8-17/h4-8,18-19H,3,9-15H2,1-2H3. The SMILES string of the molecule is CCN1CCC(N2CCN(C(C)=O)CC2c2ccccc2)CC1. The first kappa shape index (κ1) is 16.5. The molecule has 0 aliphatic carbocycles. The molecule has 1 aromatic carbocycles. The molecule has 0 spiro atoms. The van der Waals surface area contributed by atoms with Gasteiger partial charge in [0.25, 0.3) is 0 Å². The summed E-state index contributed by atoms with van der Waals surface area (Å²) in [4.78, 5) is 19.1. The van der Waals surface area contributed by atoms with Crippen molar-refractivity contribution in [3.05, 3.63) is 35.9 Å². The summed E-state index contributed by atoms with van der Waals surface area (Å²) >= 11 is 0. The van der Waals surface area contributed by atoms with Crippen LogP contribution in [-0.4, -0.2) is 65.9 Å². The maximum absolute atomic E-state index is 11.8. The summed E-state index contributed by atoms with van der Waals surface area (Å²) in [7, 11) is 0. The summed E-state index contributed by atoms with van der Waals surface area (Å²) in [5, 5.41) is 0. The van der Waals surface area contributed by atoms with E-state index in [4.69, 9.17) is 0 Å². The molecule has 23 heavy (non-hydrogen) atoms. The number of hydrogen-bond donors (Lipinski definition) is 0. The van der Waals surface area contributed by atoms with Gasteiger partial charge in [-0.05, 0) is 38.0 Å². The van der Waals surface area contributed by atoms with E-state index in [-0.39, 0.29) is 5.91 Å². The van der Waals surface area contributed by atoms with Crippen LogP contribution in [0.4, 0.5) is 0 Å². The number of piperazine rings is 1. The third-order valence-corrected chi connectivity index (χ3v) is 5.52. The zero-order valence-electron chi connectivity index (χ0n) is 14.4. The summed E-state index contributed by atoms with van der Waals surface area (Å²) < 4.78 is 0. The minimum atomic E-state index is 0.200. The summed E-state index contributed by atoms with van der Waals surface area (Å²) in [6.07, 6.45) is 2.49. The fourth-order valence-electron chi connectivity index (χ4n) is 4.06. The van der Waals surface area contributed by atoms with E-state index in [1.165, 1.54) is 31.5 Å². The summed E-state index contributed by atoms with van der Waals surface area (Å²) in [6, 6.07) is 11.7. The van der Waals surface area contributed by atoms with Gasteiger partial charge >= 0.3 is 0 Å². The lowest BCUT2D eigenvalue weighted by Gasteiger charge is -2.47. The molecule has 126 valence electrons. The molecule has 0 N–H and O–H groups in total. The molecule has 4 nitrogen and oxygen atoms in total. The largest absolute Gasteiger partial charge is 0.340 e. The van der Waals surface area contributed by atoms with Crippen LogP contribution in [0.3, 0.4) is 0 Å². The van der Waals surface area contributed by atoms with Crippen LogP contribution in [0.25, 0.3) is 0 Å². The van der Waals surface area contributed by atoms with Crippen LogP contribution in [0.15, 0.2) is 30.3 Å². The molecule has 1 atom stereocenters. The summed E-state index contributed by atoms with van der Waals surface area (Å²) in [5.41, 5.74) is 1.34. The monoisotopic (exact) mass is 315 g/mol. The van der Waals surface area contributed by atoms with E-state index < -0.39 is 0 Å². The van der Waals surface area contributed by atoms with Crippen molar-refractivity contribution in [1.82, 2.24) is 14.7 Å². The number of piperidine rings is 1. The highest BCUT2D eigenvalue weighted by atomic mass is 16.2. The zero-order valence-corrected chi connectivity index (χ0v) is 14.4. The zero-order chi connectivity index (χ0) is 16.2. The summed E-state index contributed by atoms with van der Waals surface area (Å²) in [5.74, 6) is 0.200. The predicted molar refractivity (Wildman–Crippen MR) is 93.3 cm³/mol. The van der Waals surface area contributed by atoms with Crippen molar-refractivity contribution in [3.8, 4) is 0 Å². The molecule has 4 heteroatoms. The van der Waals surface area contributed by atoms with Gasteiger partial charge in [0.2, 0.25) is 5.91 Å². The predicted octanol–water partition coefficient (Wildman–Crippen LogP) is 2.38. The van der Waals surface area contributed by atoms with Crippen LogP contribution in [0.2, 0.25) is 0 Å². The molecule has 1 aromatic rings. The highest BCUT2D eigenvalue weighted by Crippen LogP contribution is 2.31. The average Bonchev–Trinajstić information content (AvgIpc) is 2.62. The second kappa shape index (κ2) is 7.45. The van der Waals surface area contributed by atoms with E-state index in [0.717, 1.165) is 26.2 Å². The molecule has 0 aromatic heterocycles. The van der Waals surface area contributed by atoms with Gasteiger partial charge in [0.05, 0.1) is 6.04 Å². The van der Waals surface area contributed by atoms with E-state index in [9.17, 15) is 4.79 Å². The van der Waals surface area contributed by atoms with E-state index in [1.807, 2.05) is 4.90 Å². The first-order valence-electron chi connectivity index (χ1n) is 8.97. The first-order valence-corrected chi connectivity index (χ1v) is 8.97. The highest BCUT2D eigenvalue weighted by molar-refractivity contribution is 5.73. The van der Waals surface area contributed by atoms with Gasteiger partial charge in [-0.25, -0.2) is 0 Å². The van der Waals surface area contributed by atoms with Crippen molar-refractivity contribution in [2.45, 2.75) is 38.8 Å². The van der Waals surface area contributed by atoms with Crippen molar-refractivity contribution in [2.24, 2.45) is 0 Å². The molecule has 2 heterocycles. The van der Waals surface area contributed by atoms with E-state index in [1.54, 1.807) is 6.92 Å². The van der Waals surface area contributed by atoms with Gasteiger partial charge in [-0.1, -0.05) is 37.3 Å². The Morgan fingerprint density at radius 1 is 1.09 bits per heavy atom. The van der Waals surface area contributed by atoms with Crippen LogP contribution in [0, 0.1) is 0 Å². The van der Waals surface area contributed by atoms with Crippen LogP contribution < -0.4 is 0 Å². The minimum absolute atomic E-state index is 0.200. The van der Waals surface area contributed by atoms with Gasteiger partial charge in [0.1, 0.15) is 0 Å². The summed E-state index contributed by atoms with van der Waals surface area (Å²) in [6.45, 7) is 10.2. The van der Waals surface area contributed by atoms with E-state index >= 15 is 0 Å². The van der Waals surface area contributed by atoms with Gasteiger partial charge in [-0.3, -0.25) is 9.69 Å². The van der Waals surface area contributed by atoms with Gasteiger partial charge < -0.3 is 9.80 Å². The number of nitrogens with zero attached hydrogens (tertiary/aromatic N) is 3. The Bertz CT molecular complexity index is 511. The van der Waals surface area contributed by atoms with E-state index in [0.29, 0.717) is 12.1 Å². The molecular weight excluding hydrogens is 286 g/mol. The third kappa shape index (κ3) is 3.75. The lowest BCUT2D eigenvalue weighted by molar-refractivity contribution is -0.132. The van der Waals surface area contributed by atoms with Crippen LogP contribution in [0.1, 0.15) is 38.3 Å². The molecule has 2 saturated heterocycles. The number of carbonyl (C=O) groups excluding carboxylic acids is 1. The van der Waals surface area contributed by atoms with Crippen LogP contribution >= 0.6 is 0 Å². The maximum Gasteiger partial charge on any atom is 0.219 e. The average molecular weight is 315 g/mol. The smallest absolute Gasteiger partial charge is 0.219 e. The Kier molecular flexibility index (Phi) is 5.34. The van der Waals surface area contributed by atoms with Gasteiger partial charge in [0.15, 0.2) is 0 Å². The normalized spacial score (nSPS) is 24.8. The minimum Gasteiger partial charge on any atom is -0.340 e. The molecule has 3 rings (SSSR count). The molecule has 0 bridgehead atoms. The number of amides is 1. The molecule has 0 radical (unpaired) electrons. The molecule has 2 fully saturated rings. The Hall–Kier alpha value is -1.39. The molecule has 0 saturated carbocycles. The van der Waals surface area contributed by atoms with Crippen LogP contribution in [0.5, 0.6) is 0 Å². The Morgan fingerprint density at radius 3 is 2.39 bits per heavy atom. The Labute approximate surface area is 140 Å². The second-order valence-corrected chi connectivity index (χ2v) is 6.79. The van der Waals surface area contributed by atoms with Gasteiger partial charge in [0, 0.05) is 32.6 Å². The number of hydrogen-bond acceptors (Lipinski definition) is 3. The number of carbonyl (C=O) groups is 1. The molecule has 1 unspecified atom stereocenters. The molecule has 2 aliphatic rings. The first-order chi connectivity index (χ1) is 11.2. The third-order valence-electron chi connectivity index (χ3n) is 5.52. The topological polar surface area (TPSA) is 26.8 Å². The van der Waals surface area contributed by atoms with Crippen molar-refractivity contribution < 1.29 is 4.79 Å². The van der Waals surface area contributed by atoms with Crippen LogP contribution in [-0.2, 0) is 4.79 Å². The van der Waals surface area contributed by atoms with Gasteiger partial charge in [-0.15, -0.1) is 0 Å². The maximum atomic E-state index is 11.8. The fourth-order valence-corrected chi connectivity index (χ4v) is 4.06. The fraction of sp³-hybridized carbons (Fsp3) is 0.632. The van der Waals surface area contributed by atoms with E-state index in [2.05, 4.69) is 47.1 Å². The van der Waals surface area contributed by atoms with Crippen molar-refractivity contribution in [3.63, 3.8) is 0 Å². The highest BCUT2D eigenvalue weighted by Gasteiger charge is 2.35. The van der Waals surface area contributed by atoms with Crippen molar-refractivity contribution >= 4 is 5.91 Å². The number of rotatable bonds is 3. The Morgan fingerprint density at radius 2 is 1.78 bits per heavy atom. The molecule has 1 amide bonds. The van der Waals surface area contributed by atoms with Gasteiger partial charge in [-0.2, -0.15) is 0 Å². The van der Waals surface area contributed by atoms with Crippen molar-refractivity contribution in [1.29, 1.82) is 0 Å². The molecule has 2 aliphatic heterocycles. The lowest BCUT2D eigenvalue weighted by Crippen LogP contribution is -2.55. The second-order valence-electron chi connectivity index (χ2n) is 6.79. The lowest BCUT2D eigenvalue weighted by atomic mass is 9.95. The Balaban J connectivity index is 1.76. The molecular formula is C19H29N3O. The quantitative estimate of drug-likeness (QED) is 0.857. The number of benzene rings is 1.